The highest BCUT2D eigenvalue weighted by atomic mass is 15.1. The molecule has 1 nitrogen and oxygen atoms in total. The van der Waals surface area contributed by atoms with Gasteiger partial charge in [0.05, 0.1) is 0 Å². The first-order valence-electron chi connectivity index (χ1n) is 10.2. The highest BCUT2D eigenvalue weighted by molar-refractivity contribution is 5.26. The molecular weight excluding hydrogens is 326 g/mol. The summed E-state index contributed by atoms with van der Waals surface area (Å²) in [6.45, 7) is 6.48. The van der Waals surface area contributed by atoms with Crippen LogP contribution in [0, 0.1) is 0 Å². The molecule has 0 fully saturated rings. The Hall–Kier alpha value is -2.38. The number of benzene rings is 3. The summed E-state index contributed by atoms with van der Waals surface area (Å²) in [5.41, 5.74) is 5.56. The van der Waals surface area contributed by atoms with Gasteiger partial charge < -0.3 is 0 Å². The number of rotatable bonds is 9. The second-order valence-electron chi connectivity index (χ2n) is 7.40. The van der Waals surface area contributed by atoms with Crippen LogP contribution in [0.4, 0.5) is 0 Å². The fourth-order valence-electron chi connectivity index (χ4n) is 3.52. The van der Waals surface area contributed by atoms with Crippen LogP contribution in [-0.2, 0) is 19.5 Å². The lowest BCUT2D eigenvalue weighted by atomic mass is 10.0. The maximum atomic E-state index is 2.56. The standard InChI is InChI=1S/C26H31N/c1-3-4-11-23-16-18-26(19-17-23)22(2)27(20-24-12-7-5-8-13-24)21-25-14-9-6-10-15-25/h5-10,12-19,22H,3-4,11,20-21H2,1-2H3/t22-/m0/s1. The predicted molar refractivity (Wildman–Crippen MR) is 116 cm³/mol. The number of aryl methyl sites for hydroxylation is 1. The average Bonchev–Trinajstić information content (AvgIpc) is 2.73. The van der Waals surface area contributed by atoms with E-state index in [1.54, 1.807) is 0 Å². The average molecular weight is 358 g/mol. The van der Waals surface area contributed by atoms with E-state index < -0.39 is 0 Å². The summed E-state index contributed by atoms with van der Waals surface area (Å²) in [5.74, 6) is 0. The van der Waals surface area contributed by atoms with Crippen LogP contribution in [0.15, 0.2) is 84.9 Å². The lowest BCUT2D eigenvalue weighted by molar-refractivity contribution is 0.192. The van der Waals surface area contributed by atoms with Crippen molar-refractivity contribution in [2.45, 2.75) is 52.2 Å². The molecule has 0 aliphatic carbocycles. The van der Waals surface area contributed by atoms with Crippen LogP contribution in [0.2, 0.25) is 0 Å². The zero-order chi connectivity index (χ0) is 18.9. The van der Waals surface area contributed by atoms with Gasteiger partial charge in [0.2, 0.25) is 0 Å². The van der Waals surface area contributed by atoms with Crippen LogP contribution in [0.1, 0.15) is 55.0 Å². The number of hydrogen-bond donors (Lipinski definition) is 0. The lowest BCUT2D eigenvalue weighted by Gasteiger charge is -2.30. The summed E-state index contributed by atoms with van der Waals surface area (Å²) in [4.78, 5) is 2.56. The van der Waals surface area contributed by atoms with Crippen molar-refractivity contribution in [3.05, 3.63) is 107 Å². The zero-order valence-corrected chi connectivity index (χ0v) is 16.6. The van der Waals surface area contributed by atoms with Crippen LogP contribution in [0.3, 0.4) is 0 Å². The molecular formula is C26H31N. The van der Waals surface area contributed by atoms with E-state index in [9.17, 15) is 0 Å². The Kier molecular flexibility index (Phi) is 7.24. The van der Waals surface area contributed by atoms with Crippen LogP contribution >= 0.6 is 0 Å². The summed E-state index contributed by atoms with van der Waals surface area (Å²) in [7, 11) is 0. The van der Waals surface area contributed by atoms with Gasteiger partial charge in [-0.1, -0.05) is 98.3 Å². The summed E-state index contributed by atoms with van der Waals surface area (Å²) < 4.78 is 0. The first-order valence-corrected chi connectivity index (χ1v) is 10.2. The third-order valence-electron chi connectivity index (χ3n) is 5.29. The van der Waals surface area contributed by atoms with E-state index in [0.29, 0.717) is 6.04 Å². The van der Waals surface area contributed by atoms with Crippen molar-refractivity contribution in [3.63, 3.8) is 0 Å². The molecule has 3 aromatic carbocycles. The molecule has 1 heteroatoms. The van der Waals surface area contributed by atoms with E-state index in [1.807, 2.05) is 0 Å². The fraction of sp³-hybridized carbons (Fsp3) is 0.308. The van der Waals surface area contributed by atoms with E-state index >= 15 is 0 Å². The van der Waals surface area contributed by atoms with Crippen molar-refractivity contribution in [2.24, 2.45) is 0 Å². The Morgan fingerprint density at radius 3 is 1.67 bits per heavy atom. The molecule has 0 heterocycles. The lowest BCUT2D eigenvalue weighted by Crippen LogP contribution is -2.26. The van der Waals surface area contributed by atoms with Crippen molar-refractivity contribution in [3.8, 4) is 0 Å². The van der Waals surface area contributed by atoms with Crippen LogP contribution in [0.25, 0.3) is 0 Å². The predicted octanol–water partition coefficient (Wildman–Crippen LogP) is 6.79. The minimum Gasteiger partial charge on any atom is -0.288 e. The smallest absolute Gasteiger partial charge is 0.0326 e. The molecule has 0 unspecified atom stereocenters. The van der Waals surface area contributed by atoms with Crippen molar-refractivity contribution in [1.82, 2.24) is 4.90 Å². The molecule has 0 radical (unpaired) electrons. The molecule has 0 spiro atoms. The zero-order valence-electron chi connectivity index (χ0n) is 16.6. The minimum absolute atomic E-state index is 0.366. The summed E-state index contributed by atoms with van der Waals surface area (Å²) >= 11 is 0. The first-order chi connectivity index (χ1) is 13.3. The van der Waals surface area contributed by atoms with Gasteiger partial charge in [0.25, 0.3) is 0 Å². The molecule has 3 aromatic rings. The minimum atomic E-state index is 0.366. The fourth-order valence-corrected chi connectivity index (χ4v) is 3.52. The molecule has 0 saturated heterocycles. The number of unbranched alkanes of at least 4 members (excludes halogenated alkanes) is 1. The van der Waals surface area contributed by atoms with Crippen LogP contribution in [-0.4, -0.2) is 4.90 Å². The van der Waals surface area contributed by atoms with Gasteiger partial charge in [0, 0.05) is 19.1 Å². The van der Waals surface area contributed by atoms with Gasteiger partial charge >= 0.3 is 0 Å². The molecule has 27 heavy (non-hydrogen) atoms. The number of hydrogen-bond acceptors (Lipinski definition) is 1. The third-order valence-corrected chi connectivity index (χ3v) is 5.29. The molecule has 3 rings (SSSR count). The van der Waals surface area contributed by atoms with Crippen molar-refractivity contribution >= 4 is 0 Å². The van der Waals surface area contributed by atoms with Crippen molar-refractivity contribution < 1.29 is 0 Å². The largest absolute Gasteiger partial charge is 0.288 e. The normalized spacial score (nSPS) is 12.3. The Balaban J connectivity index is 1.78. The molecule has 0 aromatic heterocycles. The summed E-state index contributed by atoms with van der Waals surface area (Å²) in [6.07, 6.45) is 3.70. The van der Waals surface area contributed by atoms with Gasteiger partial charge in [-0.15, -0.1) is 0 Å². The maximum absolute atomic E-state index is 2.56. The number of nitrogens with zero attached hydrogens (tertiary/aromatic N) is 1. The molecule has 0 aliphatic heterocycles. The van der Waals surface area contributed by atoms with E-state index in [1.165, 1.54) is 41.5 Å². The van der Waals surface area contributed by atoms with Crippen LogP contribution in [0.5, 0.6) is 0 Å². The second kappa shape index (κ2) is 10.1. The quantitative estimate of drug-likeness (QED) is 0.407. The molecule has 140 valence electrons. The Morgan fingerprint density at radius 1 is 0.667 bits per heavy atom. The van der Waals surface area contributed by atoms with E-state index in [-0.39, 0.29) is 0 Å². The highest BCUT2D eigenvalue weighted by Gasteiger charge is 2.16. The topological polar surface area (TPSA) is 3.24 Å². The summed E-state index contributed by atoms with van der Waals surface area (Å²) in [6, 6.07) is 31.2. The van der Waals surface area contributed by atoms with E-state index in [2.05, 4.69) is 104 Å². The van der Waals surface area contributed by atoms with E-state index in [4.69, 9.17) is 0 Å². The Bertz CT molecular complexity index is 736. The van der Waals surface area contributed by atoms with Gasteiger partial charge in [0.15, 0.2) is 0 Å². The maximum Gasteiger partial charge on any atom is 0.0326 e. The molecule has 0 bridgehead atoms. The van der Waals surface area contributed by atoms with Crippen molar-refractivity contribution in [1.29, 1.82) is 0 Å². The molecule has 0 saturated carbocycles. The third kappa shape index (κ3) is 5.80. The van der Waals surface area contributed by atoms with Gasteiger partial charge in [0.1, 0.15) is 0 Å². The highest BCUT2D eigenvalue weighted by Crippen LogP contribution is 2.25. The molecule has 0 aliphatic rings. The Morgan fingerprint density at radius 2 is 1.19 bits per heavy atom. The van der Waals surface area contributed by atoms with Gasteiger partial charge in [-0.3, -0.25) is 4.90 Å². The molecule has 0 amide bonds. The van der Waals surface area contributed by atoms with E-state index in [0.717, 1.165) is 13.1 Å². The van der Waals surface area contributed by atoms with Crippen LogP contribution < -0.4 is 0 Å². The van der Waals surface area contributed by atoms with Gasteiger partial charge in [-0.25, -0.2) is 0 Å². The summed E-state index contributed by atoms with van der Waals surface area (Å²) in [5, 5.41) is 0. The van der Waals surface area contributed by atoms with Gasteiger partial charge in [-0.05, 0) is 42.0 Å². The SMILES string of the molecule is CCCCc1ccc([C@H](C)N(Cc2ccccc2)Cc2ccccc2)cc1. The van der Waals surface area contributed by atoms with Gasteiger partial charge in [-0.2, -0.15) is 0 Å². The monoisotopic (exact) mass is 357 g/mol. The molecule has 1 atom stereocenters. The first kappa shape index (κ1) is 19.4. The second-order valence-corrected chi connectivity index (χ2v) is 7.40. The van der Waals surface area contributed by atoms with Crippen molar-refractivity contribution in [2.75, 3.05) is 0 Å². The Labute approximate surface area is 164 Å². The molecule has 0 N–H and O–H groups in total.